The summed E-state index contributed by atoms with van der Waals surface area (Å²) in [5.41, 5.74) is 9.26. The molecule has 2 aromatic carbocycles. The van der Waals surface area contributed by atoms with Crippen LogP contribution in [0.5, 0.6) is 0 Å². The van der Waals surface area contributed by atoms with E-state index in [2.05, 4.69) is 21.3 Å². The van der Waals surface area contributed by atoms with Crippen LogP contribution < -0.4 is 21.1 Å². The Kier molecular flexibility index (Phi) is 7.40. The SMILES string of the molecule is CON1NN=CN1c1ccccc1-c1ccccc1N1C=NNN1OC.Cl.Cl. The van der Waals surface area contributed by atoms with Gasteiger partial charge >= 0.3 is 0 Å². The third kappa shape index (κ3) is 3.83. The van der Waals surface area contributed by atoms with Crippen LogP contribution in [-0.4, -0.2) is 37.5 Å². The van der Waals surface area contributed by atoms with E-state index < -0.39 is 0 Å². The molecule has 0 amide bonds. The molecule has 0 fully saturated rings. The number of nitrogens with one attached hydrogen (secondary N) is 2. The van der Waals surface area contributed by atoms with E-state index in [1.807, 2.05) is 48.5 Å². The van der Waals surface area contributed by atoms with Crippen molar-refractivity contribution in [1.29, 1.82) is 0 Å². The average Bonchev–Trinajstić information content (AvgIpc) is 3.36. The van der Waals surface area contributed by atoms with Gasteiger partial charge in [0.1, 0.15) is 12.7 Å². The predicted molar refractivity (Wildman–Crippen MR) is 112 cm³/mol. The molecule has 2 aromatic rings. The van der Waals surface area contributed by atoms with Crippen molar-refractivity contribution in [3.05, 3.63) is 48.5 Å². The molecular weight excluding hydrogens is 407 g/mol. The van der Waals surface area contributed by atoms with E-state index in [1.54, 1.807) is 36.9 Å². The monoisotopic (exact) mass is 426 g/mol. The first kappa shape index (κ1) is 21.7. The minimum atomic E-state index is 0. The van der Waals surface area contributed by atoms with Crippen molar-refractivity contribution < 1.29 is 9.68 Å². The van der Waals surface area contributed by atoms with Crippen molar-refractivity contribution in [1.82, 2.24) is 21.6 Å². The molecule has 0 spiro atoms. The number of hydrogen-bond acceptors (Lipinski definition) is 10. The van der Waals surface area contributed by atoms with Crippen molar-refractivity contribution in [2.75, 3.05) is 24.2 Å². The second-order valence-electron chi connectivity index (χ2n) is 5.32. The maximum absolute atomic E-state index is 5.29. The summed E-state index contributed by atoms with van der Waals surface area (Å²) in [6.45, 7) is 0. The molecule has 2 aliphatic rings. The number of hydrazine groups is 4. The lowest BCUT2D eigenvalue weighted by atomic mass is 10.0. The lowest BCUT2D eigenvalue weighted by Crippen LogP contribution is -2.43. The predicted octanol–water partition coefficient (Wildman–Crippen LogP) is 2.29. The van der Waals surface area contributed by atoms with Gasteiger partial charge in [-0.05, 0) is 12.1 Å². The summed E-state index contributed by atoms with van der Waals surface area (Å²) in [6.07, 6.45) is 3.29. The lowest BCUT2D eigenvalue weighted by Gasteiger charge is -2.28. The van der Waals surface area contributed by atoms with Crippen molar-refractivity contribution in [2.24, 2.45) is 10.2 Å². The maximum atomic E-state index is 5.29. The summed E-state index contributed by atoms with van der Waals surface area (Å²) >= 11 is 0. The number of benzene rings is 2. The molecule has 0 aliphatic carbocycles. The number of hydrazone groups is 2. The number of para-hydroxylation sites is 2. The van der Waals surface area contributed by atoms with E-state index >= 15 is 0 Å². The van der Waals surface area contributed by atoms with Crippen LogP contribution in [0.2, 0.25) is 0 Å². The van der Waals surface area contributed by atoms with Gasteiger partial charge in [0.15, 0.2) is 0 Å². The zero-order chi connectivity index (χ0) is 17.9. The third-order valence-electron chi connectivity index (χ3n) is 3.95. The van der Waals surface area contributed by atoms with Gasteiger partial charge < -0.3 is 0 Å². The van der Waals surface area contributed by atoms with Crippen molar-refractivity contribution >= 4 is 48.9 Å². The third-order valence-corrected chi connectivity index (χ3v) is 3.95. The Balaban J connectivity index is 0.00000140. The average molecular weight is 427 g/mol. The molecule has 4 rings (SSSR count). The Hall–Kier alpha value is -2.60. The van der Waals surface area contributed by atoms with E-state index in [4.69, 9.17) is 9.68 Å². The summed E-state index contributed by atoms with van der Waals surface area (Å²) in [5.74, 6) is 0. The maximum Gasteiger partial charge on any atom is 0.136 e. The molecule has 0 aromatic heterocycles. The summed E-state index contributed by atoms with van der Waals surface area (Å²) in [6, 6.07) is 15.9. The molecule has 0 unspecified atom stereocenters. The Morgan fingerprint density at radius 1 is 0.679 bits per heavy atom. The quantitative estimate of drug-likeness (QED) is 0.753. The number of halogens is 2. The number of hydrogen-bond donors (Lipinski definition) is 2. The first-order valence-electron chi connectivity index (χ1n) is 7.86. The van der Waals surface area contributed by atoms with E-state index in [0.29, 0.717) is 0 Å². The van der Waals surface area contributed by atoms with Gasteiger partial charge in [-0.25, -0.2) is 10.0 Å². The molecule has 2 N–H and O–H groups in total. The molecule has 10 nitrogen and oxygen atoms in total. The van der Waals surface area contributed by atoms with Gasteiger partial charge in [-0.2, -0.15) is 11.1 Å². The molecule has 0 atom stereocenters. The Bertz CT molecular complexity index is 783. The molecule has 0 radical (unpaired) electrons. The highest BCUT2D eigenvalue weighted by Crippen LogP contribution is 2.37. The van der Waals surface area contributed by atoms with Gasteiger partial charge in [-0.1, -0.05) is 36.4 Å². The van der Waals surface area contributed by atoms with Crippen LogP contribution in [0.4, 0.5) is 11.4 Å². The van der Waals surface area contributed by atoms with E-state index in [1.165, 1.54) is 10.6 Å². The fourth-order valence-electron chi connectivity index (χ4n) is 2.83. The van der Waals surface area contributed by atoms with Gasteiger partial charge in [-0.15, -0.1) is 35.0 Å². The zero-order valence-corrected chi connectivity index (χ0v) is 16.7. The summed E-state index contributed by atoms with van der Waals surface area (Å²) in [7, 11) is 3.13. The van der Waals surface area contributed by atoms with Crippen LogP contribution in [0, 0.1) is 0 Å². The summed E-state index contributed by atoms with van der Waals surface area (Å²) < 4.78 is 0. The van der Waals surface area contributed by atoms with Crippen LogP contribution in [0.25, 0.3) is 11.1 Å². The van der Waals surface area contributed by atoms with E-state index in [9.17, 15) is 0 Å². The Labute approximate surface area is 174 Å². The van der Waals surface area contributed by atoms with Crippen molar-refractivity contribution in [2.45, 2.75) is 0 Å². The Morgan fingerprint density at radius 3 is 1.46 bits per heavy atom. The van der Waals surface area contributed by atoms with Crippen LogP contribution in [0.1, 0.15) is 0 Å². The normalized spacial score (nSPS) is 15.8. The van der Waals surface area contributed by atoms with Crippen LogP contribution >= 0.6 is 24.8 Å². The molecular formula is C16H20Cl2N8O2. The summed E-state index contributed by atoms with van der Waals surface area (Å²) in [4.78, 5) is 10.6. The standard InChI is InChI=1S/C16H18N8O2.2ClH/c1-25-23-19-17-11-21(23)15-9-5-3-7-13(15)14-8-4-6-10-16(14)22-12-18-20-24(22)26-2;;/h3-12,19-20H,1-2H3;2*1H. The highest BCUT2D eigenvalue weighted by molar-refractivity contribution is 5.95. The fourth-order valence-corrected chi connectivity index (χ4v) is 2.83. The van der Waals surface area contributed by atoms with E-state index in [-0.39, 0.29) is 24.8 Å². The Morgan fingerprint density at radius 2 is 1.07 bits per heavy atom. The summed E-state index contributed by atoms with van der Waals surface area (Å²) in [5, 5.41) is 14.5. The molecule has 0 bridgehead atoms. The largest absolute Gasteiger partial charge is 0.263 e. The van der Waals surface area contributed by atoms with Gasteiger partial charge in [-0.3, -0.25) is 9.68 Å². The number of nitrogens with zero attached hydrogens (tertiary/aromatic N) is 6. The molecule has 0 saturated heterocycles. The minimum Gasteiger partial charge on any atom is -0.263 e. The molecule has 150 valence electrons. The first-order chi connectivity index (χ1) is 12.8. The van der Waals surface area contributed by atoms with E-state index in [0.717, 1.165) is 22.5 Å². The molecule has 0 saturated carbocycles. The van der Waals surface area contributed by atoms with Crippen LogP contribution in [0.3, 0.4) is 0 Å². The molecule has 2 heterocycles. The molecule has 2 aliphatic heterocycles. The lowest BCUT2D eigenvalue weighted by molar-refractivity contribution is -0.160. The smallest absolute Gasteiger partial charge is 0.136 e. The van der Waals surface area contributed by atoms with Gasteiger partial charge in [0.2, 0.25) is 0 Å². The second-order valence-corrected chi connectivity index (χ2v) is 5.32. The topological polar surface area (TPSA) is 80.2 Å². The highest BCUT2D eigenvalue weighted by Gasteiger charge is 2.26. The molecule has 12 heteroatoms. The van der Waals surface area contributed by atoms with Crippen LogP contribution in [0.15, 0.2) is 58.7 Å². The minimum absolute atomic E-state index is 0. The first-order valence-corrected chi connectivity index (χ1v) is 7.86. The van der Waals surface area contributed by atoms with Crippen LogP contribution in [-0.2, 0) is 9.68 Å². The molecule has 28 heavy (non-hydrogen) atoms. The van der Waals surface area contributed by atoms with Gasteiger partial charge in [0.25, 0.3) is 0 Å². The second kappa shape index (κ2) is 9.55. The fraction of sp³-hybridized carbons (Fsp3) is 0.125. The van der Waals surface area contributed by atoms with Gasteiger partial charge in [0.05, 0.1) is 25.6 Å². The highest BCUT2D eigenvalue weighted by atomic mass is 35.5. The zero-order valence-electron chi connectivity index (χ0n) is 15.1. The number of anilines is 2. The number of rotatable bonds is 5. The van der Waals surface area contributed by atoms with Gasteiger partial charge in [0, 0.05) is 21.7 Å². The van der Waals surface area contributed by atoms with Crippen molar-refractivity contribution in [3.63, 3.8) is 0 Å². The van der Waals surface area contributed by atoms with Crippen molar-refractivity contribution in [3.8, 4) is 11.1 Å².